The summed E-state index contributed by atoms with van der Waals surface area (Å²) in [5.74, 6) is -1.89. The van der Waals surface area contributed by atoms with Gasteiger partial charge in [0.25, 0.3) is 0 Å². The van der Waals surface area contributed by atoms with Crippen LogP contribution in [0.2, 0.25) is 0 Å². The molecule has 0 aromatic heterocycles. The molecule has 5 N–H and O–H groups in total. The van der Waals surface area contributed by atoms with Crippen LogP contribution < -0.4 is 5.32 Å². The number of aliphatic hydroxyl groups excluding tert-OH is 2. The Kier molecular flexibility index (Phi) is 17.9. The third-order valence-corrected chi connectivity index (χ3v) is 5.64. The summed E-state index contributed by atoms with van der Waals surface area (Å²) in [5, 5.41) is 29.1. The van der Waals surface area contributed by atoms with E-state index in [1.54, 1.807) is 0 Å². The van der Waals surface area contributed by atoms with Crippen molar-refractivity contribution in [2.45, 2.75) is 96.1 Å². The number of nitrogens with one attached hydrogen (secondary N) is 1. The molecule has 0 aromatic carbocycles. The summed E-state index contributed by atoms with van der Waals surface area (Å²) < 4.78 is 20.6. The van der Waals surface area contributed by atoms with Crippen molar-refractivity contribution in [1.82, 2.24) is 5.32 Å². The molecule has 31 heavy (non-hydrogen) atoms. The molecule has 1 amide bonds. The van der Waals surface area contributed by atoms with Crippen molar-refractivity contribution in [3.8, 4) is 0 Å². The van der Waals surface area contributed by atoms with Gasteiger partial charge in [-0.15, -0.1) is 0 Å². The van der Waals surface area contributed by atoms with Gasteiger partial charge in [-0.3, -0.25) is 13.8 Å². The highest BCUT2D eigenvalue weighted by molar-refractivity contribution is 7.47. The number of unbranched alkanes of at least 4 members (excludes halogenated alkanes) is 10. The van der Waals surface area contributed by atoms with Gasteiger partial charge in [-0.1, -0.05) is 71.1 Å². The lowest BCUT2D eigenvalue weighted by Gasteiger charge is -2.18. The Morgan fingerprint density at radius 2 is 1.39 bits per heavy atom. The lowest BCUT2D eigenvalue weighted by atomic mass is 10.1. The monoisotopic (exact) mass is 469 g/mol. The second kappa shape index (κ2) is 18.5. The van der Waals surface area contributed by atoms with Crippen LogP contribution in [0.15, 0.2) is 0 Å². The van der Waals surface area contributed by atoms with Crippen LogP contribution >= 0.6 is 7.82 Å². The molecule has 0 bridgehead atoms. The van der Waals surface area contributed by atoms with E-state index in [1.807, 2.05) is 0 Å². The number of amides is 1. The number of hydrogen-bond acceptors (Lipinski definition) is 7. The average Bonchev–Trinajstić information content (AvgIpc) is 2.73. The molecule has 0 aliphatic carbocycles. The van der Waals surface area contributed by atoms with Gasteiger partial charge in [0.05, 0.1) is 19.8 Å². The fraction of sp³-hybridized carbons (Fsp3) is 0.900. The van der Waals surface area contributed by atoms with Gasteiger partial charge in [-0.25, -0.2) is 9.36 Å². The van der Waals surface area contributed by atoms with Crippen LogP contribution in [0.1, 0.15) is 84.0 Å². The van der Waals surface area contributed by atoms with E-state index in [2.05, 4.69) is 21.3 Å². The Labute approximate surface area is 184 Å². The molecule has 0 aromatic rings. The topological polar surface area (TPSA) is 163 Å². The molecule has 0 rings (SSSR count). The zero-order valence-corrected chi connectivity index (χ0v) is 19.4. The molecule has 11 heteroatoms. The lowest BCUT2D eigenvalue weighted by molar-refractivity contribution is -0.142. The number of carboxylic acids is 1. The molecule has 0 saturated heterocycles. The molecule has 0 fully saturated rings. The van der Waals surface area contributed by atoms with E-state index in [9.17, 15) is 19.0 Å². The fourth-order valence-electron chi connectivity index (χ4n) is 2.83. The summed E-state index contributed by atoms with van der Waals surface area (Å²) in [4.78, 5) is 32.6. The average molecular weight is 470 g/mol. The Hall–Kier alpha value is -1.03. The van der Waals surface area contributed by atoms with Gasteiger partial charge in [0.2, 0.25) is 5.91 Å². The van der Waals surface area contributed by atoms with Crippen molar-refractivity contribution in [3.05, 3.63) is 0 Å². The number of rotatable bonds is 21. The van der Waals surface area contributed by atoms with Crippen molar-refractivity contribution >= 4 is 19.7 Å². The summed E-state index contributed by atoms with van der Waals surface area (Å²) in [6.45, 7) is 0.0931. The predicted octanol–water partition coefficient (Wildman–Crippen LogP) is 2.74. The zero-order chi connectivity index (χ0) is 23.5. The van der Waals surface area contributed by atoms with E-state index in [0.717, 1.165) is 19.3 Å². The maximum Gasteiger partial charge on any atom is 0.472 e. The first kappa shape index (κ1) is 30.0. The Morgan fingerprint density at radius 3 is 1.87 bits per heavy atom. The largest absolute Gasteiger partial charge is 0.480 e. The van der Waals surface area contributed by atoms with E-state index in [0.29, 0.717) is 6.42 Å². The SMILES string of the molecule is CCCCCCCCCCCCCC(=O)NC(COP(=O)(O)OCC(O)CO)C(=O)O. The number of phosphoric ester groups is 1. The van der Waals surface area contributed by atoms with E-state index in [1.165, 1.54) is 44.9 Å². The van der Waals surface area contributed by atoms with Crippen LogP contribution in [0.5, 0.6) is 0 Å². The van der Waals surface area contributed by atoms with E-state index >= 15 is 0 Å². The van der Waals surface area contributed by atoms with E-state index < -0.39 is 51.7 Å². The number of carbonyl (C=O) groups is 2. The summed E-state index contributed by atoms with van der Waals surface area (Å²) >= 11 is 0. The first-order chi connectivity index (χ1) is 14.7. The molecule has 3 atom stereocenters. The molecule has 0 spiro atoms. The minimum atomic E-state index is -4.63. The molecule has 0 radical (unpaired) electrons. The highest BCUT2D eigenvalue weighted by Crippen LogP contribution is 2.43. The molecule has 3 unspecified atom stereocenters. The van der Waals surface area contributed by atoms with Gasteiger partial charge in [0.1, 0.15) is 6.10 Å². The van der Waals surface area contributed by atoms with E-state index in [-0.39, 0.29) is 6.42 Å². The van der Waals surface area contributed by atoms with Crippen LogP contribution in [0, 0.1) is 0 Å². The van der Waals surface area contributed by atoms with Gasteiger partial charge in [0.15, 0.2) is 6.04 Å². The molecule has 0 heterocycles. The summed E-state index contributed by atoms with van der Waals surface area (Å²) in [5.41, 5.74) is 0. The minimum absolute atomic E-state index is 0.163. The van der Waals surface area contributed by atoms with Crippen LogP contribution in [0.25, 0.3) is 0 Å². The standard InChI is InChI=1S/C20H40NO9P/c1-2-3-4-5-6-7-8-9-10-11-12-13-19(24)21-18(20(25)26)16-30-31(27,28)29-15-17(23)14-22/h17-18,22-23H,2-16H2,1H3,(H,21,24)(H,25,26)(H,27,28). The summed E-state index contributed by atoms with van der Waals surface area (Å²) in [6, 6.07) is -1.51. The van der Waals surface area contributed by atoms with Crippen molar-refractivity contribution < 1.29 is 43.4 Å². The van der Waals surface area contributed by atoms with Gasteiger partial charge in [-0.05, 0) is 6.42 Å². The minimum Gasteiger partial charge on any atom is -0.480 e. The highest BCUT2D eigenvalue weighted by atomic mass is 31.2. The van der Waals surface area contributed by atoms with Crippen LogP contribution in [-0.2, 0) is 23.2 Å². The number of phosphoric acid groups is 1. The van der Waals surface area contributed by atoms with Crippen molar-refractivity contribution in [2.24, 2.45) is 0 Å². The fourth-order valence-corrected chi connectivity index (χ4v) is 3.60. The maximum absolute atomic E-state index is 11.9. The number of aliphatic hydroxyl groups is 2. The summed E-state index contributed by atoms with van der Waals surface area (Å²) in [7, 11) is -4.63. The first-order valence-electron chi connectivity index (χ1n) is 11.1. The van der Waals surface area contributed by atoms with Gasteiger partial charge in [0, 0.05) is 6.42 Å². The maximum atomic E-state index is 11.9. The quantitative estimate of drug-likeness (QED) is 0.126. The Balaban J connectivity index is 3.95. The third kappa shape index (κ3) is 18.3. The molecular formula is C20H40NO9P. The second-order valence-corrected chi connectivity index (χ2v) is 9.09. The Morgan fingerprint density at radius 1 is 0.903 bits per heavy atom. The van der Waals surface area contributed by atoms with Crippen LogP contribution in [-0.4, -0.2) is 64.1 Å². The lowest BCUT2D eigenvalue weighted by Crippen LogP contribution is -2.43. The summed E-state index contributed by atoms with van der Waals surface area (Å²) in [6.07, 6.45) is 11.3. The first-order valence-corrected chi connectivity index (χ1v) is 12.6. The second-order valence-electron chi connectivity index (χ2n) is 7.64. The molecule has 184 valence electrons. The smallest absolute Gasteiger partial charge is 0.472 e. The molecule has 0 saturated carbocycles. The molecule has 0 aliphatic heterocycles. The molecule has 0 aliphatic rings. The molecular weight excluding hydrogens is 429 g/mol. The third-order valence-electron chi connectivity index (χ3n) is 4.69. The normalized spacial score (nSPS) is 15.2. The van der Waals surface area contributed by atoms with Crippen molar-refractivity contribution in [3.63, 3.8) is 0 Å². The number of carboxylic acid groups (broad SMARTS) is 1. The van der Waals surface area contributed by atoms with Crippen LogP contribution in [0.3, 0.4) is 0 Å². The number of aliphatic carboxylic acids is 1. The van der Waals surface area contributed by atoms with Crippen molar-refractivity contribution in [2.75, 3.05) is 19.8 Å². The van der Waals surface area contributed by atoms with E-state index in [4.69, 9.17) is 15.3 Å². The number of carbonyl (C=O) groups excluding carboxylic acids is 1. The predicted molar refractivity (Wildman–Crippen MR) is 115 cm³/mol. The van der Waals surface area contributed by atoms with Gasteiger partial charge >= 0.3 is 13.8 Å². The zero-order valence-electron chi connectivity index (χ0n) is 18.5. The van der Waals surface area contributed by atoms with Gasteiger partial charge in [-0.2, -0.15) is 0 Å². The highest BCUT2D eigenvalue weighted by Gasteiger charge is 2.28. The van der Waals surface area contributed by atoms with Gasteiger partial charge < -0.3 is 25.5 Å². The Bertz CT molecular complexity index is 533. The number of hydrogen-bond donors (Lipinski definition) is 5. The molecule has 10 nitrogen and oxygen atoms in total. The van der Waals surface area contributed by atoms with Crippen LogP contribution in [0.4, 0.5) is 0 Å². The van der Waals surface area contributed by atoms with Crippen molar-refractivity contribution in [1.29, 1.82) is 0 Å².